The number of halogens is 1. The fourth-order valence-electron chi connectivity index (χ4n) is 5.58. The number of hydrogen-bond donors (Lipinski definition) is 2. The molecular formula is C26H24FN7O4S. The van der Waals surface area contributed by atoms with Crippen molar-refractivity contribution in [2.75, 3.05) is 35.3 Å². The fraction of sp³-hybridized carbons (Fsp3) is 0.346. The summed E-state index contributed by atoms with van der Waals surface area (Å²) in [5.74, 6) is -1.78. The van der Waals surface area contributed by atoms with Crippen LogP contribution in [0.15, 0.2) is 36.5 Å². The first kappa shape index (κ1) is 25.0. The molecule has 1 spiro atoms. The van der Waals surface area contributed by atoms with Gasteiger partial charge in [-0.15, -0.1) is 0 Å². The number of aromatic nitrogens is 3. The minimum atomic E-state index is -3.63. The zero-order valence-electron chi connectivity index (χ0n) is 20.9. The summed E-state index contributed by atoms with van der Waals surface area (Å²) < 4.78 is 38.1. The first-order valence-corrected chi connectivity index (χ1v) is 14.4. The Morgan fingerprint density at radius 3 is 2.77 bits per heavy atom. The van der Waals surface area contributed by atoms with Crippen molar-refractivity contribution in [2.24, 2.45) is 0 Å². The lowest BCUT2D eigenvalue weighted by molar-refractivity contribution is -0.113. The largest absolute Gasteiger partial charge is 0.366 e. The molecule has 0 saturated carbocycles. The molecule has 1 atom stereocenters. The second kappa shape index (κ2) is 8.88. The number of rotatable bonds is 5. The summed E-state index contributed by atoms with van der Waals surface area (Å²) in [6.07, 6.45) is 3.18. The number of pyridine rings is 1. The minimum Gasteiger partial charge on any atom is -0.366 e. The van der Waals surface area contributed by atoms with Gasteiger partial charge in [-0.05, 0) is 48.2 Å². The number of carbonyl (C=O) groups excluding carboxylic acids is 2. The number of nitriles is 1. The van der Waals surface area contributed by atoms with Crippen LogP contribution >= 0.6 is 0 Å². The second-order valence-electron chi connectivity index (χ2n) is 10.3. The Labute approximate surface area is 223 Å². The Bertz CT molecular complexity index is 1670. The van der Waals surface area contributed by atoms with E-state index in [1.54, 1.807) is 0 Å². The van der Waals surface area contributed by atoms with Gasteiger partial charge in [-0.2, -0.15) is 15.0 Å². The van der Waals surface area contributed by atoms with Crippen LogP contribution < -0.4 is 15.5 Å². The highest BCUT2D eigenvalue weighted by Crippen LogP contribution is 2.45. The number of sulfone groups is 1. The van der Waals surface area contributed by atoms with Gasteiger partial charge in [-0.1, -0.05) is 6.07 Å². The smallest absolute Gasteiger partial charge is 0.257 e. The van der Waals surface area contributed by atoms with E-state index in [0.717, 1.165) is 29.5 Å². The van der Waals surface area contributed by atoms with Gasteiger partial charge in [0.2, 0.25) is 5.91 Å². The molecule has 4 heterocycles. The van der Waals surface area contributed by atoms with Gasteiger partial charge in [0.15, 0.2) is 21.5 Å². The van der Waals surface area contributed by atoms with Crippen molar-refractivity contribution in [1.82, 2.24) is 20.1 Å². The van der Waals surface area contributed by atoms with Crippen LogP contribution in [0.3, 0.4) is 0 Å². The Morgan fingerprint density at radius 1 is 1.31 bits per heavy atom. The molecule has 39 heavy (non-hydrogen) atoms. The number of nitrogens with one attached hydrogen (secondary N) is 2. The van der Waals surface area contributed by atoms with Crippen LogP contribution in [0.4, 0.5) is 15.9 Å². The van der Waals surface area contributed by atoms with Crippen molar-refractivity contribution in [3.05, 3.63) is 64.5 Å². The molecule has 2 aromatic heterocycles. The van der Waals surface area contributed by atoms with Crippen molar-refractivity contribution in [3.63, 3.8) is 0 Å². The van der Waals surface area contributed by atoms with Crippen LogP contribution in [0.2, 0.25) is 0 Å². The predicted molar refractivity (Wildman–Crippen MR) is 139 cm³/mol. The molecule has 2 aliphatic heterocycles. The van der Waals surface area contributed by atoms with E-state index >= 15 is 0 Å². The quantitative estimate of drug-likeness (QED) is 0.485. The molecule has 1 aromatic carbocycles. The average molecular weight is 550 g/mol. The molecule has 2 amide bonds. The predicted octanol–water partition coefficient (Wildman–Crippen LogP) is 1.41. The van der Waals surface area contributed by atoms with Gasteiger partial charge < -0.3 is 15.5 Å². The fourth-order valence-corrected chi connectivity index (χ4v) is 6.13. The Balaban J connectivity index is 1.39. The summed E-state index contributed by atoms with van der Waals surface area (Å²) in [5, 5.41) is 19.4. The minimum absolute atomic E-state index is 0.00957. The third-order valence-corrected chi connectivity index (χ3v) is 8.17. The Kier molecular flexibility index (Phi) is 5.69. The number of benzene rings is 1. The van der Waals surface area contributed by atoms with Gasteiger partial charge in [-0.3, -0.25) is 9.59 Å². The number of hydrogen-bond acceptors (Lipinski definition) is 8. The second-order valence-corrected chi connectivity index (χ2v) is 12.4. The van der Waals surface area contributed by atoms with Crippen molar-refractivity contribution in [2.45, 2.75) is 31.0 Å². The summed E-state index contributed by atoms with van der Waals surface area (Å²) in [6, 6.07) is 11.0. The van der Waals surface area contributed by atoms with Crippen LogP contribution in [0.25, 0.3) is 5.82 Å². The molecule has 1 saturated heterocycles. The zero-order chi connectivity index (χ0) is 27.5. The van der Waals surface area contributed by atoms with Gasteiger partial charge in [0.1, 0.15) is 23.6 Å². The van der Waals surface area contributed by atoms with Crippen LogP contribution in [0.1, 0.15) is 39.2 Å². The monoisotopic (exact) mass is 549 g/mol. The molecule has 0 unspecified atom stereocenters. The van der Waals surface area contributed by atoms with Gasteiger partial charge in [0.25, 0.3) is 5.91 Å². The summed E-state index contributed by atoms with van der Waals surface area (Å²) >= 11 is 0. The first-order chi connectivity index (χ1) is 18.5. The maximum atomic E-state index is 13.6. The number of fused-ring (bicyclic) bond motifs is 3. The summed E-state index contributed by atoms with van der Waals surface area (Å²) in [6.45, 7) is 0.747. The van der Waals surface area contributed by atoms with Crippen LogP contribution in [0, 0.1) is 11.3 Å². The molecule has 3 aromatic rings. The van der Waals surface area contributed by atoms with E-state index < -0.39 is 39.1 Å². The number of amides is 2. The molecular weight excluding hydrogens is 525 g/mol. The molecule has 3 aliphatic rings. The molecule has 1 fully saturated rings. The highest BCUT2D eigenvalue weighted by Gasteiger charge is 2.47. The molecule has 200 valence electrons. The molecule has 0 radical (unpaired) electrons. The van der Waals surface area contributed by atoms with E-state index in [-0.39, 0.29) is 17.2 Å². The summed E-state index contributed by atoms with van der Waals surface area (Å²) in [4.78, 5) is 32.4. The highest BCUT2D eigenvalue weighted by molar-refractivity contribution is 7.91. The van der Waals surface area contributed by atoms with E-state index in [1.165, 1.54) is 23.0 Å². The topological polar surface area (TPSA) is 150 Å². The molecule has 2 N–H and O–H groups in total. The van der Waals surface area contributed by atoms with Gasteiger partial charge in [0.05, 0.1) is 29.9 Å². The Hall–Kier alpha value is -4.31. The van der Waals surface area contributed by atoms with Crippen LogP contribution in [-0.4, -0.2) is 66.3 Å². The zero-order valence-corrected chi connectivity index (χ0v) is 21.8. The number of aryl methyl sites for hydroxylation is 1. The molecule has 6 rings (SSSR count). The van der Waals surface area contributed by atoms with Crippen molar-refractivity contribution in [3.8, 4) is 11.9 Å². The van der Waals surface area contributed by atoms with Gasteiger partial charge >= 0.3 is 0 Å². The average Bonchev–Trinajstić information content (AvgIpc) is 3.39. The maximum absolute atomic E-state index is 13.6. The van der Waals surface area contributed by atoms with Gasteiger partial charge in [0, 0.05) is 24.6 Å². The first-order valence-electron chi connectivity index (χ1n) is 12.4. The van der Waals surface area contributed by atoms with E-state index in [4.69, 9.17) is 5.26 Å². The molecule has 11 nitrogen and oxygen atoms in total. The van der Waals surface area contributed by atoms with Gasteiger partial charge in [-0.25, -0.2) is 17.8 Å². The third-order valence-electron chi connectivity index (χ3n) is 7.38. The van der Waals surface area contributed by atoms with Crippen molar-refractivity contribution < 1.29 is 22.4 Å². The maximum Gasteiger partial charge on any atom is 0.257 e. The number of carbonyl (C=O) groups is 2. The highest BCUT2D eigenvalue weighted by atomic mass is 32.2. The summed E-state index contributed by atoms with van der Waals surface area (Å²) in [7, 11) is -3.63. The van der Waals surface area contributed by atoms with E-state index in [1.807, 2.05) is 29.2 Å². The van der Waals surface area contributed by atoms with Crippen molar-refractivity contribution in [1.29, 1.82) is 5.26 Å². The van der Waals surface area contributed by atoms with Crippen LogP contribution in [0.5, 0.6) is 0 Å². The van der Waals surface area contributed by atoms with Crippen molar-refractivity contribution >= 4 is 33.2 Å². The van der Waals surface area contributed by atoms with E-state index in [9.17, 15) is 22.4 Å². The Morgan fingerprint density at radius 2 is 2.10 bits per heavy atom. The number of alkyl halides is 1. The molecule has 0 bridgehead atoms. The normalized spacial score (nSPS) is 20.1. The van der Waals surface area contributed by atoms with E-state index in [0.29, 0.717) is 37.2 Å². The number of nitrogens with zero attached hydrogens (tertiary/aromatic N) is 5. The SMILES string of the molecule is CS(=O)(=O)CC(=O)Nc1c2c(nn1-c1ccc(C#N)cn1)C[C@]1(CCc3cc(N4CC(F)C4)ccc31)NC2=O. The lowest BCUT2D eigenvalue weighted by Crippen LogP contribution is -2.50. The lowest BCUT2D eigenvalue weighted by atomic mass is 9.82. The lowest BCUT2D eigenvalue weighted by Gasteiger charge is -2.37. The summed E-state index contributed by atoms with van der Waals surface area (Å²) in [5.41, 5.74) is 3.17. The van der Waals surface area contributed by atoms with E-state index in [2.05, 4.69) is 20.7 Å². The van der Waals surface area contributed by atoms with Crippen LogP contribution in [-0.2, 0) is 33.0 Å². The standard InChI is InChI=1S/C26H24FN7O4S/c1-39(37,38)14-22(35)30-24-23-20(32-34(24)21-5-2-15(10-28)11-29-21)9-26(31-25(23)36)7-6-16-8-18(3-4-19(16)26)33-12-17(27)13-33/h2-5,8,11,17H,6-7,9,12-14H2,1H3,(H,30,35)(H,31,36)/t26-/m0/s1. The third kappa shape index (κ3) is 4.40. The molecule has 13 heteroatoms. The molecule has 1 aliphatic carbocycles. The number of anilines is 2.